The van der Waals surface area contributed by atoms with E-state index >= 15 is 0 Å². The van der Waals surface area contributed by atoms with Crippen LogP contribution in [-0.4, -0.2) is 50.6 Å². The third-order valence-electron chi connectivity index (χ3n) is 6.82. The summed E-state index contributed by atoms with van der Waals surface area (Å²) in [6, 6.07) is 17.2. The molecule has 2 N–H and O–H groups in total. The van der Waals surface area contributed by atoms with Crippen molar-refractivity contribution in [1.29, 1.82) is 0 Å². The molecule has 180 valence electrons. The monoisotopic (exact) mass is 470 g/mol. The highest BCUT2D eigenvalue weighted by atomic mass is 16.2. The highest BCUT2D eigenvalue weighted by molar-refractivity contribution is 5.92. The molecule has 1 aliphatic rings. The van der Waals surface area contributed by atoms with Crippen LogP contribution in [0.3, 0.4) is 0 Å². The molecule has 4 aromatic rings. The molecular formula is C27H30N6O2. The summed E-state index contributed by atoms with van der Waals surface area (Å²) in [6.07, 6.45) is 2.56. The lowest BCUT2D eigenvalue weighted by Crippen LogP contribution is -2.47. The predicted octanol–water partition coefficient (Wildman–Crippen LogP) is 4.24. The number of carbonyl (C=O) groups is 2. The lowest BCUT2D eigenvalue weighted by atomic mass is 10.0. The second-order valence-electron chi connectivity index (χ2n) is 9.13. The first kappa shape index (κ1) is 22.8. The molecule has 35 heavy (non-hydrogen) atoms. The highest BCUT2D eigenvalue weighted by Crippen LogP contribution is 2.23. The number of urea groups is 1. The topological polar surface area (TPSA) is 91.6 Å². The minimum atomic E-state index is -0.207. The first-order chi connectivity index (χ1) is 17.0. The molecule has 0 saturated carbocycles. The summed E-state index contributed by atoms with van der Waals surface area (Å²) in [5.41, 5.74) is 5.60. The van der Waals surface area contributed by atoms with Crippen LogP contribution >= 0.6 is 0 Å². The average molecular weight is 471 g/mol. The number of likely N-dealkylation sites (tertiary alicyclic amines) is 1. The molecule has 1 aliphatic heterocycles. The Morgan fingerprint density at radius 1 is 1.00 bits per heavy atom. The number of aromatic nitrogens is 3. The summed E-state index contributed by atoms with van der Waals surface area (Å²) >= 11 is 0. The summed E-state index contributed by atoms with van der Waals surface area (Å²) in [5.74, 6) is 0.140. The second kappa shape index (κ2) is 9.74. The number of anilines is 1. The molecule has 8 nitrogen and oxygen atoms in total. The summed E-state index contributed by atoms with van der Waals surface area (Å²) in [5, 5.41) is 11.6. The van der Waals surface area contributed by atoms with Crippen molar-refractivity contribution < 1.29 is 9.59 Å². The Kier molecular flexibility index (Phi) is 6.35. The van der Waals surface area contributed by atoms with E-state index in [1.807, 2.05) is 77.9 Å². The summed E-state index contributed by atoms with van der Waals surface area (Å²) < 4.78 is 1.90. The van der Waals surface area contributed by atoms with E-state index in [1.54, 1.807) is 0 Å². The molecule has 2 aromatic heterocycles. The number of hydrogen-bond acceptors (Lipinski definition) is 4. The normalized spacial score (nSPS) is 14.4. The van der Waals surface area contributed by atoms with E-state index in [1.165, 1.54) is 0 Å². The van der Waals surface area contributed by atoms with Crippen molar-refractivity contribution in [3.05, 3.63) is 71.5 Å². The molecule has 5 rings (SSSR count). The highest BCUT2D eigenvalue weighted by Gasteiger charge is 2.24. The lowest BCUT2D eigenvalue weighted by molar-refractivity contribution is -0.132. The smallest absolute Gasteiger partial charge is 0.319 e. The Morgan fingerprint density at radius 2 is 1.71 bits per heavy atom. The fourth-order valence-electron chi connectivity index (χ4n) is 4.88. The number of amides is 3. The molecule has 1 fully saturated rings. The molecule has 3 heterocycles. The Morgan fingerprint density at radius 3 is 2.49 bits per heavy atom. The zero-order chi connectivity index (χ0) is 24.4. The van der Waals surface area contributed by atoms with E-state index < -0.39 is 0 Å². The van der Waals surface area contributed by atoms with Gasteiger partial charge in [0.15, 0.2) is 5.65 Å². The van der Waals surface area contributed by atoms with Crippen LogP contribution in [0.1, 0.15) is 36.2 Å². The molecule has 0 unspecified atom stereocenters. The van der Waals surface area contributed by atoms with Gasteiger partial charge in [-0.15, -0.1) is 0 Å². The van der Waals surface area contributed by atoms with Gasteiger partial charge in [0.05, 0.1) is 5.52 Å². The van der Waals surface area contributed by atoms with Crippen molar-refractivity contribution >= 4 is 34.2 Å². The van der Waals surface area contributed by atoms with E-state index in [0.29, 0.717) is 25.9 Å². The first-order valence-electron chi connectivity index (χ1n) is 12.1. The van der Waals surface area contributed by atoms with E-state index in [-0.39, 0.29) is 18.0 Å². The third kappa shape index (κ3) is 4.82. The Hall–Kier alpha value is -3.94. The minimum Gasteiger partial charge on any atom is -0.343 e. The number of rotatable bonds is 5. The van der Waals surface area contributed by atoms with E-state index in [9.17, 15) is 9.59 Å². The zero-order valence-electron chi connectivity index (χ0n) is 20.1. The largest absolute Gasteiger partial charge is 0.343 e. The molecule has 0 aliphatic carbocycles. The van der Waals surface area contributed by atoms with Crippen LogP contribution in [0.15, 0.2) is 54.6 Å². The van der Waals surface area contributed by atoms with Crippen molar-refractivity contribution in [2.24, 2.45) is 0 Å². The number of nitrogens with zero attached hydrogens (tertiary/aromatic N) is 4. The standard InChI is InChI=1S/C27H30N6O2/c1-18-22(19(2)33-26(28-18)23-10-6-7-11-24(23)31-33)12-13-25(34)32-16-14-21(15-17-32)30-27(35)29-20-8-4-3-5-9-20/h3-11,21H,12-17H2,1-2H3,(H2,29,30,35). The maximum absolute atomic E-state index is 13.0. The number of piperidine rings is 1. The van der Waals surface area contributed by atoms with Crippen LogP contribution in [0.4, 0.5) is 10.5 Å². The van der Waals surface area contributed by atoms with Crippen molar-refractivity contribution in [3.8, 4) is 0 Å². The number of hydrogen-bond donors (Lipinski definition) is 2. The second-order valence-corrected chi connectivity index (χ2v) is 9.13. The maximum Gasteiger partial charge on any atom is 0.319 e. The van der Waals surface area contributed by atoms with Crippen molar-refractivity contribution in [2.75, 3.05) is 18.4 Å². The van der Waals surface area contributed by atoms with Gasteiger partial charge in [-0.3, -0.25) is 4.79 Å². The van der Waals surface area contributed by atoms with E-state index in [2.05, 4.69) is 10.6 Å². The van der Waals surface area contributed by atoms with Gasteiger partial charge in [-0.2, -0.15) is 5.10 Å². The van der Waals surface area contributed by atoms with Gasteiger partial charge in [-0.25, -0.2) is 14.3 Å². The number of carbonyl (C=O) groups excluding carboxylic acids is 2. The SMILES string of the molecule is Cc1nc2c3ccccc3nn2c(C)c1CCC(=O)N1CCC(NC(=O)Nc2ccccc2)CC1. The number of fused-ring (bicyclic) bond motifs is 3. The first-order valence-corrected chi connectivity index (χ1v) is 12.1. The van der Waals surface area contributed by atoms with Gasteiger partial charge in [0.2, 0.25) is 5.91 Å². The molecular weight excluding hydrogens is 440 g/mol. The van der Waals surface area contributed by atoms with Crippen molar-refractivity contribution in [2.45, 2.75) is 45.6 Å². The Labute approximate surface area is 204 Å². The van der Waals surface area contributed by atoms with Crippen LogP contribution in [0, 0.1) is 13.8 Å². The molecule has 0 radical (unpaired) electrons. The number of nitrogens with one attached hydrogen (secondary N) is 2. The maximum atomic E-state index is 13.0. The van der Waals surface area contributed by atoms with Gasteiger partial charge in [-0.1, -0.05) is 30.3 Å². The van der Waals surface area contributed by atoms with Gasteiger partial charge in [0.25, 0.3) is 0 Å². The minimum absolute atomic E-state index is 0.0628. The van der Waals surface area contributed by atoms with Crippen molar-refractivity contribution in [3.63, 3.8) is 0 Å². The van der Waals surface area contributed by atoms with Gasteiger partial charge < -0.3 is 15.5 Å². The lowest BCUT2D eigenvalue weighted by Gasteiger charge is -2.32. The molecule has 3 amide bonds. The number of benzene rings is 2. The molecule has 0 atom stereocenters. The van der Waals surface area contributed by atoms with E-state index in [4.69, 9.17) is 10.1 Å². The fraction of sp³-hybridized carbons (Fsp3) is 0.333. The van der Waals surface area contributed by atoms with Crippen LogP contribution < -0.4 is 10.6 Å². The van der Waals surface area contributed by atoms with Crippen LogP contribution in [-0.2, 0) is 11.2 Å². The number of aryl methyl sites for hydroxylation is 2. The van der Waals surface area contributed by atoms with Crippen LogP contribution in [0.2, 0.25) is 0 Å². The molecule has 8 heteroatoms. The molecule has 0 bridgehead atoms. The van der Waals surface area contributed by atoms with Crippen LogP contribution in [0.5, 0.6) is 0 Å². The Bertz CT molecular complexity index is 1370. The van der Waals surface area contributed by atoms with E-state index in [0.717, 1.165) is 52.0 Å². The third-order valence-corrected chi connectivity index (χ3v) is 6.82. The molecule has 0 spiro atoms. The molecule has 2 aromatic carbocycles. The fourth-order valence-corrected chi connectivity index (χ4v) is 4.88. The predicted molar refractivity (Wildman–Crippen MR) is 136 cm³/mol. The average Bonchev–Trinajstić information content (AvgIpc) is 3.23. The quantitative estimate of drug-likeness (QED) is 0.456. The Balaban J connectivity index is 1.16. The summed E-state index contributed by atoms with van der Waals surface area (Å²) in [7, 11) is 0. The number of para-hydroxylation sites is 1. The van der Waals surface area contributed by atoms with Gasteiger partial charge in [-0.05, 0) is 62.9 Å². The van der Waals surface area contributed by atoms with Gasteiger partial charge >= 0.3 is 6.03 Å². The van der Waals surface area contributed by atoms with Gasteiger partial charge in [0, 0.05) is 48.0 Å². The summed E-state index contributed by atoms with van der Waals surface area (Å²) in [4.78, 5) is 31.9. The van der Waals surface area contributed by atoms with Crippen molar-refractivity contribution in [1.82, 2.24) is 24.8 Å². The molecule has 1 saturated heterocycles. The zero-order valence-corrected chi connectivity index (χ0v) is 20.1. The van der Waals surface area contributed by atoms with Gasteiger partial charge in [0.1, 0.15) is 0 Å². The summed E-state index contributed by atoms with van der Waals surface area (Å²) in [6.45, 7) is 5.35. The van der Waals surface area contributed by atoms with Crippen LogP contribution in [0.25, 0.3) is 16.6 Å².